The minimum atomic E-state index is -0.579. The third-order valence-corrected chi connectivity index (χ3v) is 7.37. The number of hydrogen-bond acceptors (Lipinski definition) is 4. The molecule has 0 fully saturated rings. The number of nitrogens with zero attached hydrogens (tertiary/aromatic N) is 1. The molecule has 1 heterocycles. The lowest BCUT2D eigenvalue weighted by Gasteiger charge is -2.22. The second-order valence-electron chi connectivity index (χ2n) is 10.6. The molecule has 10 heteroatoms. The summed E-state index contributed by atoms with van der Waals surface area (Å²) in [5, 5.41) is 6.22. The van der Waals surface area contributed by atoms with Crippen LogP contribution in [0.1, 0.15) is 21.6 Å². The molecule has 1 aliphatic carbocycles. The maximum atomic E-state index is 13.8. The molecule has 0 aliphatic heterocycles. The summed E-state index contributed by atoms with van der Waals surface area (Å²) in [5.74, 6) is -1.38. The van der Waals surface area contributed by atoms with E-state index in [1.165, 1.54) is 59.7 Å². The van der Waals surface area contributed by atoms with E-state index in [9.17, 15) is 23.2 Å². The van der Waals surface area contributed by atoms with Crippen LogP contribution >= 0.6 is 0 Å². The Kier molecular flexibility index (Phi) is 8.05. The Bertz CT molecular complexity index is 1810. The molecule has 0 bridgehead atoms. The Morgan fingerprint density at radius 1 is 0.773 bits per heavy atom. The molecule has 1 aromatic heterocycles. The molecular formula is C34H28F2N4O4. The molecular weight excluding hydrogens is 566 g/mol. The third-order valence-electron chi connectivity index (χ3n) is 7.37. The van der Waals surface area contributed by atoms with Gasteiger partial charge in [0, 0.05) is 22.6 Å². The van der Waals surface area contributed by atoms with Gasteiger partial charge in [0.25, 0.3) is 5.91 Å². The summed E-state index contributed by atoms with van der Waals surface area (Å²) in [7, 11) is 0. The first kappa shape index (κ1) is 28.6. The average molecular weight is 595 g/mol. The molecule has 0 unspecified atom stereocenters. The lowest BCUT2D eigenvalue weighted by Crippen LogP contribution is -2.47. The predicted molar refractivity (Wildman–Crippen MR) is 161 cm³/mol. The Morgan fingerprint density at radius 3 is 2.07 bits per heavy atom. The highest BCUT2D eigenvalue weighted by molar-refractivity contribution is 6.02. The van der Waals surface area contributed by atoms with Crippen LogP contribution in [-0.2, 0) is 22.4 Å². The van der Waals surface area contributed by atoms with E-state index >= 15 is 0 Å². The SMILES string of the molecule is O=C(CN(CC(=O)NC1Cc2ccccc2C1)C(=O)c1cc2cc(F)ccc2[nH]1)Nc1ccc(Oc2ccc(F)cc2)cc1. The first-order valence-corrected chi connectivity index (χ1v) is 14.1. The number of carbonyl (C=O) groups excluding carboxylic acids is 3. The molecule has 8 nitrogen and oxygen atoms in total. The van der Waals surface area contributed by atoms with Gasteiger partial charge in [0.1, 0.15) is 41.9 Å². The molecule has 4 aromatic carbocycles. The highest BCUT2D eigenvalue weighted by Gasteiger charge is 2.27. The van der Waals surface area contributed by atoms with E-state index in [0.29, 0.717) is 40.9 Å². The number of nitrogens with one attached hydrogen (secondary N) is 3. The zero-order valence-corrected chi connectivity index (χ0v) is 23.5. The number of aromatic amines is 1. The van der Waals surface area contributed by atoms with Crippen molar-refractivity contribution in [1.29, 1.82) is 0 Å². The summed E-state index contributed by atoms with van der Waals surface area (Å²) in [6, 6.07) is 25.6. The van der Waals surface area contributed by atoms with Gasteiger partial charge in [-0.25, -0.2) is 8.78 Å². The van der Waals surface area contributed by atoms with Gasteiger partial charge in [-0.15, -0.1) is 0 Å². The molecule has 222 valence electrons. The lowest BCUT2D eigenvalue weighted by molar-refractivity contribution is -0.123. The van der Waals surface area contributed by atoms with Crippen LogP contribution in [0.3, 0.4) is 0 Å². The van der Waals surface area contributed by atoms with Crippen molar-refractivity contribution in [2.45, 2.75) is 18.9 Å². The van der Waals surface area contributed by atoms with Crippen molar-refractivity contribution >= 4 is 34.3 Å². The number of carbonyl (C=O) groups is 3. The maximum Gasteiger partial charge on any atom is 0.271 e. The first-order chi connectivity index (χ1) is 21.3. The Balaban J connectivity index is 1.13. The van der Waals surface area contributed by atoms with Gasteiger partial charge in [-0.3, -0.25) is 14.4 Å². The fourth-order valence-corrected chi connectivity index (χ4v) is 5.32. The molecule has 0 saturated carbocycles. The number of amides is 3. The van der Waals surface area contributed by atoms with E-state index in [1.807, 2.05) is 24.3 Å². The van der Waals surface area contributed by atoms with Crippen LogP contribution < -0.4 is 15.4 Å². The van der Waals surface area contributed by atoms with Crippen molar-refractivity contribution in [2.24, 2.45) is 0 Å². The molecule has 0 atom stereocenters. The molecule has 0 radical (unpaired) electrons. The van der Waals surface area contributed by atoms with Gasteiger partial charge in [0.05, 0.1) is 0 Å². The first-order valence-electron chi connectivity index (χ1n) is 14.1. The van der Waals surface area contributed by atoms with Crippen LogP contribution in [0.25, 0.3) is 10.9 Å². The second-order valence-corrected chi connectivity index (χ2v) is 10.6. The molecule has 0 saturated heterocycles. The van der Waals surface area contributed by atoms with E-state index in [0.717, 1.165) is 4.90 Å². The van der Waals surface area contributed by atoms with Gasteiger partial charge in [-0.2, -0.15) is 0 Å². The predicted octanol–water partition coefficient (Wildman–Crippen LogP) is 5.60. The molecule has 5 aromatic rings. The molecule has 0 spiro atoms. The standard InChI is InChI=1S/C34H28F2N4O4/c35-24-5-10-28(11-6-24)44-29-12-8-26(9-13-29)37-32(41)19-40(34(43)31-18-23-15-25(36)7-14-30(23)39-31)20-33(42)38-27-16-21-3-1-2-4-22(21)17-27/h1-15,18,27,39H,16-17,19-20H2,(H,37,41)(H,38,42). The largest absolute Gasteiger partial charge is 0.457 e. The van der Waals surface area contributed by atoms with Gasteiger partial charge in [0.15, 0.2) is 0 Å². The quantitative estimate of drug-likeness (QED) is 0.207. The van der Waals surface area contributed by atoms with Gasteiger partial charge in [0.2, 0.25) is 11.8 Å². The van der Waals surface area contributed by atoms with E-state index in [2.05, 4.69) is 15.6 Å². The number of fused-ring (bicyclic) bond motifs is 2. The van der Waals surface area contributed by atoms with Gasteiger partial charge < -0.3 is 25.3 Å². The second kappa shape index (κ2) is 12.4. The van der Waals surface area contributed by atoms with Crippen molar-refractivity contribution in [3.05, 3.63) is 126 Å². The maximum absolute atomic E-state index is 13.8. The van der Waals surface area contributed by atoms with Crippen LogP contribution in [0.5, 0.6) is 11.5 Å². The summed E-state index contributed by atoms with van der Waals surface area (Å²) in [6.45, 7) is -0.762. The number of aromatic nitrogens is 1. The van der Waals surface area contributed by atoms with E-state index in [-0.39, 0.29) is 24.1 Å². The fraction of sp³-hybridized carbons (Fsp3) is 0.147. The highest BCUT2D eigenvalue weighted by Crippen LogP contribution is 2.24. The number of ether oxygens (including phenoxy) is 1. The van der Waals surface area contributed by atoms with Crippen molar-refractivity contribution in [3.63, 3.8) is 0 Å². The number of benzene rings is 4. The molecule has 6 rings (SSSR count). The van der Waals surface area contributed by atoms with Crippen LogP contribution in [0.4, 0.5) is 14.5 Å². The lowest BCUT2D eigenvalue weighted by atomic mass is 10.1. The monoisotopic (exact) mass is 594 g/mol. The number of halogens is 2. The summed E-state index contributed by atoms with van der Waals surface area (Å²) in [6.07, 6.45) is 1.37. The summed E-state index contributed by atoms with van der Waals surface area (Å²) < 4.78 is 32.6. The van der Waals surface area contributed by atoms with Gasteiger partial charge >= 0.3 is 0 Å². The molecule has 3 amide bonds. The third kappa shape index (κ3) is 6.75. The van der Waals surface area contributed by atoms with Crippen LogP contribution in [0.2, 0.25) is 0 Å². The Labute approximate surface area is 251 Å². The fourth-order valence-electron chi connectivity index (χ4n) is 5.32. The summed E-state index contributed by atoms with van der Waals surface area (Å²) in [4.78, 5) is 43.9. The molecule has 1 aliphatic rings. The van der Waals surface area contributed by atoms with Crippen molar-refractivity contribution in [1.82, 2.24) is 15.2 Å². The van der Waals surface area contributed by atoms with Gasteiger partial charge in [-0.05, 0) is 96.8 Å². The molecule has 3 N–H and O–H groups in total. The van der Waals surface area contributed by atoms with Crippen LogP contribution in [-0.4, -0.2) is 46.7 Å². The Morgan fingerprint density at radius 2 is 1.39 bits per heavy atom. The van der Waals surface area contributed by atoms with Gasteiger partial charge in [-0.1, -0.05) is 24.3 Å². The average Bonchev–Trinajstić information content (AvgIpc) is 3.62. The highest BCUT2D eigenvalue weighted by atomic mass is 19.1. The van der Waals surface area contributed by atoms with E-state index in [4.69, 9.17) is 4.74 Å². The number of H-pyrrole nitrogens is 1. The summed E-state index contributed by atoms with van der Waals surface area (Å²) in [5.41, 5.74) is 3.47. The topological polar surface area (TPSA) is 104 Å². The summed E-state index contributed by atoms with van der Waals surface area (Å²) >= 11 is 0. The minimum Gasteiger partial charge on any atom is -0.457 e. The smallest absolute Gasteiger partial charge is 0.271 e. The number of rotatable bonds is 9. The zero-order valence-electron chi connectivity index (χ0n) is 23.5. The van der Waals surface area contributed by atoms with E-state index < -0.39 is 30.1 Å². The number of anilines is 1. The van der Waals surface area contributed by atoms with Crippen molar-refractivity contribution < 1.29 is 27.9 Å². The minimum absolute atomic E-state index is 0.114. The Hall–Kier alpha value is -5.51. The zero-order chi connectivity index (χ0) is 30.6. The van der Waals surface area contributed by atoms with Crippen LogP contribution in [0, 0.1) is 11.6 Å². The van der Waals surface area contributed by atoms with Crippen molar-refractivity contribution in [3.8, 4) is 11.5 Å². The number of hydrogen-bond donors (Lipinski definition) is 3. The van der Waals surface area contributed by atoms with Crippen molar-refractivity contribution in [2.75, 3.05) is 18.4 Å². The van der Waals surface area contributed by atoms with Crippen LogP contribution in [0.15, 0.2) is 97.1 Å². The normalized spacial score (nSPS) is 12.5. The van der Waals surface area contributed by atoms with E-state index in [1.54, 1.807) is 24.3 Å². The molecule has 44 heavy (non-hydrogen) atoms.